The van der Waals surface area contributed by atoms with Crippen LogP contribution in [-0.4, -0.2) is 30.0 Å². The minimum Gasteiger partial charge on any atom is -0.492 e. The summed E-state index contributed by atoms with van der Waals surface area (Å²) in [6.07, 6.45) is 9.38. The van der Waals surface area contributed by atoms with Crippen molar-refractivity contribution < 1.29 is 14.3 Å². The smallest absolute Gasteiger partial charge is 0.221 e. The van der Waals surface area contributed by atoms with Gasteiger partial charge in [-0.3, -0.25) is 4.79 Å². The molecule has 1 aromatic carbocycles. The highest BCUT2D eigenvalue weighted by molar-refractivity contribution is 6.03. The van der Waals surface area contributed by atoms with Crippen molar-refractivity contribution in [1.82, 2.24) is 9.97 Å². The van der Waals surface area contributed by atoms with Gasteiger partial charge >= 0.3 is 0 Å². The lowest BCUT2D eigenvalue weighted by atomic mass is 9.94. The number of ketones is 1. The molecule has 5 rings (SSSR count). The van der Waals surface area contributed by atoms with Crippen LogP contribution in [0, 0.1) is 18.3 Å². The molecular weight excluding hydrogens is 404 g/mol. The van der Waals surface area contributed by atoms with E-state index >= 15 is 0 Å². The van der Waals surface area contributed by atoms with Gasteiger partial charge in [0.25, 0.3) is 0 Å². The number of anilines is 2. The van der Waals surface area contributed by atoms with Crippen LogP contribution in [0.2, 0.25) is 0 Å². The topological polar surface area (TPSA) is 113 Å². The molecule has 0 atom stereocenters. The summed E-state index contributed by atoms with van der Waals surface area (Å²) in [7, 11) is 2.99. The first-order valence-corrected chi connectivity index (χ1v) is 10.2. The maximum Gasteiger partial charge on any atom is 0.221 e. The molecule has 0 unspecified atom stereocenters. The summed E-state index contributed by atoms with van der Waals surface area (Å²) >= 11 is 0. The monoisotopic (exact) mass is 428 g/mol. The maximum atomic E-state index is 12.7. The van der Waals surface area contributed by atoms with Crippen molar-refractivity contribution in [3.63, 3.8) is 0 Å². The first-order chi connectivity index (χ1) is 15.5. The third kappa shape index (κ3) is 3.95. The van der Waals surface area contributed by atoms with E-state index in [1.165, 1.54) is 25.3 Å². The van der Waals surface area contributed by atoms with Gasteiger partial charge in [-0.15, -0.1) is 6.42 Å². The van der Waals surface area contributed by atoms with Crippen LogP contribution in [0.3, 0.4) is 0 Å². The zero-order chi connectivity index (χ0) is 22.8. The molecule has 0 amide bonds. The van der Waals surface area contributed by atoms with Crippen LogP contribution in [-0.2, 0) is 6.42 Å². The lowest BCUT2D eigenvalue weighted by Gasteiger charge is -2.18. The van der Waals surface area contributed by atoms with Gasteiger partial charge in [0, 0.05) is 24.1 Å². The van der Waals surface area contributed by atoms with E-state index in [4.69, 9.17) is 27.4 Å². The van der Waals surface area contributed by atoms with Crippen molar-refractivity contribution in [2.24, 2.45) is 5.92 Å². The fourth-order valence-corrected chi connectivity index (χ4v) is 3.58. The summed E-state index contributed by atoms with van der Waals surface area (Å²) in [4.78, 5) is 20.7. The van der Waals surface area contributed by atoms with Gasteiger partial charge in [0.1, 0.15) is 5.82 Å². The van der Waals surface area contributed by atoms with Gasteiger partial charge in [-0.1, -0.05) is 30.2 Å². The van der Waals surface area contributed by atoms with Gasteiger partial charge in [0.05, 0.1) is 25.3 Å². The molecule has 0 radical (unpaired) electrons. The molecule has 1 saturated carbocycles. The van der Waals surface area contributed by atoms with Crippen molar-refractivity contribution in [2.75, 3.05) is 25.7 Å². The second kappa shape index (κ2) is 8.60. The fraction of sp³-hybridized carbons (Fsp3) is 0.240. The third-order valence-electron chi connectivity index (χ3n) is 5.60. The van der Waals surface area contributed by atoms with Gasteiger partial charge < -0.3 is 20.9 Å². The molecular formula is C25H24N4O3. The molecule has 2 aromatic rings. The van der Waals surface area contributed by atoms with Gasteiger partial charge in [0.2, 0.25) is 5.95 Å². The summed E-state index contributed by atoms with van der Waals surface area (Å²) in [6.45, 7) is 0. The largest absolute Gasteiger partial charge is 0.492 e. The van der Waals surface area contributed by atoms with Crippen LogP contribution >= 0.6 is 0 Å². The molecule has 7 heteroatoms. The Bertz CT molecular complexity index is 1200. The Morgan fingerprint density at radius 1 is 1.09 bits per heavy atom. The van der Waals surface area contributed by atoms with E-state index in [-0.39, 0.29) is 23.5 Å². The number of methoxy groups -OCH3 is 2. The minimum absolute atomic E-state index is 0.0306. The standard InChI is InChI=1S/C19H20N4O3.C6H4/c1-4-13-11(7-12-9-22-19(21)23-18(12)20)8-14(15(24)10-5-6-10)17(26-3)16(13)25-2;1-2-6-4-3-5(1)6/h1,8-10H,5-7H2,2-3H3,(H4,20,21,22,23);1-4H. The molecule has 3 aliphatic carbocycles. The Labute approximate surface area is 186 Å². The summed E-state index contributed by atoms with van der Waals surface area (Å²) in [5.74, 6) is 3.79. The number of carbonyl (C=O) groups is 1. The molecule has 0 spiro atoms. The average molecular weight is 428 g/mol. The molecule has 0 bridgehead atoms. The van der Waals surface area contributed by atoms with E-state index in [2.05, 4.69) is 40.2 Å². The number of nitrogen functional groups attached to an aromatic ring is 2. The SMILES string of the molecule is C#Cc1c(Cc2cnc(N)nc2N)cc(C(=O)C2CC2)c(OC)c1OC.c1cc2ccc1-2. The number of rotatable bonds is 6. The van der Waals surface area contributed by atoms with Crippen molar-refractivity contribution in [1.29, 1.82) is 0 Å². The molecule has 162 valence electrons. The minimum atomic E-state index is 0.0306. The molecule has 3 aliphatic rings. The van der Waals surface area contributed by atoms with Crippen LogP contribution in [0.4, 0.5) is 11.8 Å². The van der Waals surface area contributed by atoms with Crippen molar-refractivity contribution in [3.05, 3.63) is 58.8 Å². The van der Waals surface area contributed by atoms with Crippen LogP contribution in [0.5, 0.6) is 11.5 Å². The van der Waals surface area contributed by atoms with Gasteiger partial charge in [0.15, 0.2) is 17.3 Å². The number of hydrogen-bond acceptors (Lipinski definition) is 7. The van der Waals surface area contributed by atoms with E-state index in [9.17, 15) is 4.79 Å². The molecule has 32 heavy (non-hydrogen) atoms. The van der Waals surface area contributed by atoms with Crippen molar-refractivity contribution in [3.8, 4) is 35.0 Å². The number of Topliss-reactive ketones (excluding diaryl/α,β-unsaturated/α-hetero) is 1. The van der Waals surface area contributed by atoms with E-state index in [0.717, 1.165) is 12.8 Å². The first kappa shape index (κ1) is 21.2. The highest BCUT2D eigenvalue weighted by Crippen LogP contribution is 2.42. The number of hydrogen-bond donors (Lipinski definition) is 2. The number of ether oxygens (including phenoxy) is 2. The molecule has 1 heterocycles. The quantitative estimate of drug-likeness (QED) is 0.357. The Balaban J connectivity index is 0.000000346. The maximum absolute atomic E-state index is 12.7. The summed E-state index contributed by atoms with van der Waals surface area (Å²) < 4.78 is 10.9. The summed E-state index contributed by atoms with van der Waals surface area (Å²) in [6, 6.07) is 10.2. The van der Waals surface area contributed by atoms with E-state index in [0.29, 0.717) is 40.2 Å². The normalized spacial score (nSPS) is 12.8. The Hall–Kier alpha value is -4.05. The van der Waals surface area contributed by atoms with Gasteiger partial charge in [-0.25, -0.2) is 4.98 Å². The zero-order valence-electron chi connectivity index (χ0n) is 18.0. The molecule has 0 saturated heterocycles. The Morgan fingerprint density at radius 2 is 1.72 bits per heavy atom. The third-order valence-corrected chi connectivity index (χ3v) is 5.60. The number of fused-ring (bicyclic) bond motifs is 1. The van der Waals surface area contributed by atoms with E-state index < -0.39 is 0 Å². The second-order valence-electron chi connectivity index (χ2n) is 7.70. The summed E-state index contributed by atoms with van der Waals surface area (Å²) in [5.41, 5.74) is 16.7. The lowest BCUT2D eigenvalue weighted by molar-refractivity contribution is 0.0964. The average Bonchev–Trinajstić information content (AvgIpc) is 3.62. The highest BCUT2D eigenvalue weighted by atomic mass is 16.5. The number of terminal acetylenes is 1. The van der Waals surface area contributed by atoms with Crippen molar-refractivity contribution >= 4 is 17.5 Å². The first-order valence-electron chi connectivity index (χ1n) is 10.2. The number of nitrogens with zero attached hydrogens (tertiary/aromatic N) is 2. The Morgan fingerprint density at radius 3 is 2.16 bits per heavy atom. The molecule has 1 fully saturated rings. The van der Waals surface area contributed by atoms with Gasteiger partial charge in [-0.05, 0) is 35.6 Å². The van der Waals surface area contributed by atoms with Crippen LogP contribution in [0.25, 0.3) is 11.1 Å². The fourth-order valence-electron chi connectivity index (χ4n) is 3.58. The van der Waals surface area contributed by atoms with Crippen molar-refractivity contribution in [2.45, 2.75) is 19.3 Å². The molecule has 4 N–H and O–H groups in total. The Kier molecular flexibility index (Phi) is 5.69. The van der Waals surface area contributed by atoms with E-state index in [1.807, 2.05) is 0 Å². The van der Waals surface area contributed by atoms with Crippen LogP contribution in [0.15, 0.2) is 36.5 Å². The number of nitrogens with two attached hydrogens (primary N) is 2. The molecule has 7 nitrogen and oxygen atoms in total. The van der Waals surface area contributed by atoms with Crippen LogP contribution in [0.1, 0.15) is 39.9 Å². The van der Waals surface area contributed by atoms with E-state index in [1.54, 1.807) is 12.3 Å². The number of carbonyl (C=O) groups excluding carboxylic acids is 1. The highest BCUT2D eigenvalue weighted by Gasteiger charge is 2.34. The number of aromatic nitrogens is 2. The van der Waals surface area contributed by atoms with Gasteiger partial charge in [-0.2, -0.15) is 4.98 Å². The predicted molar refractivity (Wildman–Crippen MR) is 124 cm³/mol. The summed E-state index contributed by atoms with van der Waals surface area (Å²) in [5, 5.41) is 0. The molecule has 0 aliphatic heterocycles. The molecule has 1 aromatic heterocycles. The predicted octanol–water partition coefficient (Wildman–Crippen LogP) is 3.49. The number of benzene rings is 2. The van der Waals surface area contributed by atoms with Crippen LogP contribution < -0.4 is 20.9 Å². The lowest BCUT2D eigenvalue weighted by Crippen LogP contribution is -2.10. The second-order valence-corrected chi connectivity index (χ2v) is 7.70. The zero-order valence-corrected chi connectivity index (χ0v) is 18.0.